The van der Waals surface area contributed by atoms with E-state index < -0.39 is 71.7 Å². The summed E-state index contributed by atoms with van der Waals surface area (Å²) in [6.45, 7) is 2.21. The molecular formula is C27H25F9N6O4. The number of aryl methyl sites for hydroxylation is 1. The van der Waals surface area contributed by atoms with E-state index in [9.17, 15) is 49.1 Å². The molecule has 46 heavy (non-hydrogen) atoms. The van der Waals surface area contributed by atoms with E-state index >= 15 is 0 Å². The first-order chi connectivity index (χ1) is 21.3. The second kappa shape index (κ2) is 12.7. The van der Waals surface area contributed by atoms with Gasteiger partial charge in [0.1, 0.15) is 5.75 Å². The first kappa shape index (κ1) is 34.3. The van der Waals surface area contributed by atoms with Gasteiger partial charge in [-0.1, -0.05) is 12.0 Å². The lowest BCUT2D eigenvalue weighted by Crippen LogP contribution is -2.50. The van der Waals surface area contributed by atoms with E-state index in [1.807, 2.05) is 0 Å². The first-order valence-electron chi connectivity index (χ1n) is 13.5. The lowest BCUT2D eigenvalue weighted by molar-refractivity contribution is -0.274. The van der Waals surface area contributed by atoms with Crippen LogP contribution in [0.2, 0.25) is 0 Å². The number of benzene rings is 2. The molecule has 0 aliphatic carbocycles. The number of ether oxygens (including phenoxy) is 2. The Morgan fingerprint density at radius 2 is 1.59 bits per heavy atom. The van der Waals surface area contributed by atoms with Crippen LogP contribution in [0.4, 0.5) is 51.1 Å². The van der Waals surface area contributed by atoms with Crippen molar-refractivity contribution >= 4 is 23.5 Å². The normalized spacial score (nSPS) is 17.0. The fourth-order valence-electron chi connectivity index (χ4n) is 5.13. The Morgan fingerprint density at radius 3 is 2.09 bits per heavy atom. The van der Waals surface area contributed by atoms with Gasteiger partial charge in [0.25, 0.3) is 5.95 Å². The molecule has 1 aliphatic heterocycles. The Bertz CT molecular complexity index is 1560. The van der Waals surface area contributed by atoms with Crippen LogP contribution in [0.5, 0.6) is 5.75 Å². The first-order valence-corrected chi connectivity index (χ1v) is 13.5. The third-order valence-corrected chi connectivity index (χ3v) is 6.98. The molecule has 19 heteroatoms. The Hall–Kier alpha value is -4.58. The molecule has 10 nitrogen and oxygen atoms in total. The fourth-order valence-corrected chi connectivity index (χ4v) is 5.13. The number of amides is 1. The molecule has 0 saturated carbocycles. The van der Waals surface area contributed by atoms with Crippen LogP contribution in [0.3, 0.4) is 0 Å². The number of aromatic nitrogens is 4. The number of carbonyl (C=O) groups excluding carboxylic acids is 2. The van der Waals surface area contributed by atoms with Crippen molar-refractivity contribution < 1.29 is 58.6 Å². The van der Waals surface area contributed by atoms with Gasteiger partial charge in [-0.05, 0) is 66.9 Å². The van der Waals surface area contributed by atoms with Gasteiger partial charge in [-0.3, -0.25) is 9.69 Å². The zero-order valence-corrected chi connectivity index (χ0v) is 24.2. The number of hydrogen-bond donors (Lipinski definition) is 0. The zero-order chi connectivity index (χ0) is 34.2. The van der Waals surface area contributed by atoms with Crippen molar-refractivity contribution in [1.82, 2.24) is 20.2 Å². The van der Waals surface area contributed by atoms with Gasteiger partial charge < -0.3 is 14.4 Å². The van der Waals surface area contributed by atoms with Crippen molar-refractivity contribution in [3.8, 4) is 5.75 Å². The standard InChI is InChI=1S/C27H25F9N6O4/c1-4-17-11-21(19-12-18(46-27(34,35)36)6-7-20(19)42(17)22(43)23(44)45-5-2)41(24-37-39-40(3)38-24)13-14-8-15(25(28,29)30)10-16(9-14)26(31,32)33/h6-10,12,17,21H,4-5,11,13H2,1-3H3. The molecule has 4 rings (SSSR count). The van der Waals surface area contributed by atoms with Crippen molar-refractivity contribution in [3.63, 3.8) is 0 Å². The molecular weight excluding hydrogens is 643 g/mol. The second-order valence-corrected chi connectivity index (χ2v) is 10.1. The average molecular weight is 669 g/mol. The van der Waals surface area contributed by atoms with Crippen LogP contribution in [-0.2, 0) is 40.3 Å². The Labute approximate surface area is 254 Å². The molecule has 0 bridgehead atoms. The van der Waals surface area contributed by atoms with Gasteiger partial charge in [-0.15, -0.1) is 18.3 Å². The second-order valence-electron chi connectivity index (χ2n) is 10.1. The smallest absolute Gasteiger partial charge is 0.459 e. The van der Waals surface area contributed by atoms with Gasteiger partial charge in [-0.2, -0.15) is 31.1 Å². The maximum absolute atomic E-state index is 13.7. The molecule has 3 aromatic rings. The highest BCUT2D eigenvalue weighted by atomic mass is 19.4. The van der Waals surface area contributed by atoms with E-state index in [1.54, 1.807) is 6.92 Å². The van der Waals surface area contributed by atoms with Gasteiger partial charge >= 0.3 is 30.6 Å². The number of carbonyl (C=O) groups is 2. The maximum atomic E-state index is 13.7. The van der Waals surface area contributed by atoms with Crippen LogP contribution in [-0.4, -0.2) is 51.1 Å². The number of fused-ring (bicyclic) bond motifs is 1. The van der Waals surface area contributed by atoms with Crippen LogP contribution in [0.25, 0.3) is 0 Å². The van der Waals surface area contributed by atoms with Crippen molar-refractivity contribution in [2.45, 2.75) is 64.0 Å². The van der Waals surface area contributed by atoms with E-state index in [0.29, 0.717) is 12.1 Å². The van der Waals surface area contributed by atoms with E-state index in [4.69, 9.17) is 4.74 Å². The third-order valence-electron chi connectivity index (χ3n) is 6.98. The van der Waals surface area contributed by atoms with Gasteiger partial charge in [0.05, 0.1) is 36.5 Å². The summed E-state index contributed by atoms with van der Waals surface area (Å²) in [7, 11) is 1.33. The summed E-state index contributed by atoms with van der Waals surface area (Å²) in [5.41, 5.74) is -3.85. The summed E-state index contributed by atoms with van der Waals surface area (Å²) in [4.78, 5) is 28.8. The van der Waals surface area contributed by atoms with Crippen molar-refractivity contribution in [2.75, 3.05) is 16.4 Å². The highest BCUT2D eigenvalue weighted by Gasteiger charge is 2.43. The highest BCUT2D eigenvalue weighted by Crippen LogP contribution is 2.45. The SMILES string of the molecule is CCOC(=O)C(=O)N1c2ccc(OC(F)(F)F)cc2C(N(Cc2cc(C(F)(F)F)cc(C(F)(F)F)c2)c2nnn(C)n2)CC1CC. The molecule has 250 valence electrons. The topological polar surface area (TPSA) is 103 Å². The number of alkyl halides is 9. The van der Waals surface area contributed by atoms with E-state index in [0.717, 1.165) is 32.8 Å². The molecule has 2 aromatic carbocycles. The van der Waals surface area contributed by atoms with Crippen molar-refractivity contribution in [3.05, 3.63) is 58.7 Å². The molecule has 1 amide bonds. The number of esters is 1. The van der Waals surface area contributed by atoms with Crippen LogP contribution in [0.1, 0.15) is 55.0 Å². The summed E-state index contributed by atoms with van der Waals surface area (Å²) >= 11 is 0. The van der Waals surface area contributed by atoms with Gasteiger partial charge in [0, 0.05) is 18.2 Å². The molecule has 1 aliphatic rings. The summed E-state index contributed by atoms with van der Waals surface area (Å²) in [5, 5.41) is 11.6. The zero-order valence-electron chi connectivity index (χ0n) is 24.2. The molecule has 0 N–H and O–H groups in total. The van der Waals surface area contributed by atoms with E-state index in [1.165, 1.54) is 14.0 Å². The van der Waals surface area contributed by atoms with Gasteiger partial charge in [0.15, 0.2) is 0 Å². The number of rotatable bonds is 7. The molecule has 0 spiro atoms. The summed E-state index contributed by atoms with van der Waals surface area (Å²) in [6, 6.07) is 1.79. The quantitative estimate of drug-likeness (QED) is 0.172. The predicted octanol–water partition coefficient (Wildman–Crippen LogP) is 5.97. The third kappa shape index (κ3) is 7.61. The highest BCUT2D eigenvalue weighted by molar-refractivity contribution is 6.38. The van der Waals surface area contributed by atoms with E-state index in [2.05, 4.69) is 20.1 Å². The molecule has 0 radical (unpaired) electrons. The minimum absolute atomic E-state index is 0.0446. The minimum atomic E-state index is -5.16. The van der Waals surface area contributed by atoms with Gasteiger partial charge in [0.2, 0.25) is 0 Å². The minimum Gasteiger partial charge on any atom is -0.459 e. The molecule has 0 fully saturated rings. The van der Waals surface area contributed by atoms with Crippen LogP contribution in [0, 0.1) is 0 Å². The number of halogens is 9. The number of nitrogens with zero attached hydrogens (tertiary/aromatic N) is 6. The molecule has 2 atom stereocenters. The van der Waals surface area contributed by atoms with Crippen LogP contribution >= 0.6 is 0 Å². The van der Waals surface area contributed by atoms with Gasteiger partial charge in [-0.25, -0.2) is 4.79 Å². The summed E-state index contributed by atoms with van der Waals surface area (Å²) in [5.74, 6) is -3.45. The van der Waals surface area contributed by atoms with Crippen molar-refractivity contribution in [1.29, 1.82) is 0 Å². The van der Waals surface area contributed by atoms with Crippen LogP contribution < -0.4 is 14.5 Å². The average Bonchev–Trinajstić information content (AvgIpc) is 3.38. The molecule has 2 unspecified atom stereocenters. The summed E-state index contributed by atoms with van der Waals surface area (Å²) < 4.78 is 130. The number of tetrazole rings is 1. The largest absolute Gasteiger partial charge is 0.573 e. The van der Waals surface area contributed by atoms with E-state index in [-0.39, 0.29) is 42.7 Å². The lowest BCUT2D eigenvalue weighted by Gasteiger charge is -2.44. The summed E-state index contributed by atoms with van der Waals surface area (Å²) in [6.07, 6.45) is -15.5. The molecule has 1 aromatic heterocycles. The maximum Gasteiger partial charge on any atom is 0.573 e. The molecule has 2 heterocycles. The Kier molecular flexibility index (Phi) is 9.44. The van der Waals surface area contributed by atoms with Crippen molar-refractivity contribution in [2.24, 2.45) is 7.05 Å². The fraction of sp³-hybridized carbons (Fsp3) is 0.444. The van der Waals surface area contributed by atoms with Crippen LogP contribution in [0.15, 0.2) is 36.4 Å². The predicted molar refractivity (Wildman–Crippen MR) is 140 cm³/mol. The lowest BCUT2D eigenvalue weighted by atomic mass is 9.88. The Morgan fingerprint density at radius 1 is 0.957 bits per heavy atom. The number of hydrogen-bond acceptors (Lipinski definition) is 8. The Balaban J connectivity index is 1.93. The monoisotopic (exact) mass is 668 g/mol. The number of anilines is 2. The molecule has 0 saturated heterocycles.